The van der Waals surface area contributed by atoms with Crippen molar-refractivity contribution in [2.45, 2.75) is 17.7 Å². The van der Waals surface area contributed by atoms with E-state index in [1.54, 1.807) is 6.07 Å². The highest BCUT2D eigenvalue weighted by Crippen LogP contribution is 2.31. The van der Waals surface area contributed by atoms with Gasteiger partial charge in [0.25, 0.3) is 0 Å². The number of anilines is 1. The van der Waals surface area contributed by atoms with Crippen LogP contribution in [0.2, 0.25) is 5.02 Å². The minimum atomic E-state index is -0.905. The van der Waals surface area contributed by atoms with E-state index in [2.05, 4.69) is 19.9 Å². The minimum Gasteiger partial charge on any atom is -0.481 e. The third-order valence-electron chi connectivity index (χ3n) is 4.41. The Morgan fingerprint density at radius 2 is 2.11 bits per heavy atom. The van der Waals surface area contributed by atoms with Crippen molar-refractivity contribution in [1.82, 2.24) is 15.0 Å². The summed E-state index contributed by atoms with van der Waals surface area (Å²) >= 11 is 7.51. The van der Waals surface area contributed by atoms with Crippen LogP contribution in [0.1, 0.15) is 6.42 Å². The van der Waals surface area contributed by atoms with Crippen LogP contribution in [0.25, 0.3) is 22.4 Å². The molecule has 0 spiro atoms. The predicted molar refractivity (Wildman–Crippen MR) is 106 cm³/mol. The Morgan fingerprint density at radius 1 is 1.33 bits per heavy atom. The molecule has 2 aromatic heterocycles. The maximum absolute atomic E-state index is 10.7. The maximum Gasteiger partial charge on any atom is 0.313 e. The van der Waals surface area contributed by atoms with Crippen LogP contribution in [0.5, 0.6) is 0 Å². The molecule has 7 nitrogen and oxygen atoms in total. The lowest BCUT2D eigenvalue weighted by Gasteiger charge is -2.18. The molecular formula is C18H17ClN4O3S. The van der Waals surface area contributed by atoms with Crippen LogP contribution in [-0.2, 0) is 4.79 Å². The second-order valence-corrected chi connectivity index (χ2v) is 7.72. The number of nitrogens with one attached hydrogen (secondary N) is 1. The molecule has 9 heteroatoms. The summed E-state index contributed by atoms with van der Waals surface area (Å²) in [4.78, 5) is 24.8. The minimum absolute atomic E-state index is 0.0763. The van der Waals surface area contributed by atoms with Gasteiger partial charge in [0.05, 0.1) is 28.1 Å². The van der Waals surface area contributed by atoms with E-state index in [0.29, 0.717) is 33.6 Å². The van der Waals surface area contributed by atoms with Crippen molar-refractivity contribution in [3.05, 3.63) is 35.4 Å². The number of fused-ring (bicyclic) bond motifs is 1. The largest absolute Gasteiger partial charge is 0.481 e. The quantitative estimate of drug-likeness (QED) is 0.561. The van der Waals surface area contributed by atoms with Crippen LogP contribution in [0.4, 0.5) is 5.69 Å². The Hall–Kier alpha value is -2.29. The van der Waals surface area contributed by atoms with Gasteiger partial charge < -0.3 is 20.1 Å². The van der Waals surface area contributed by atoms with E-state index < -0.39 is 5.97 Å². The third-order valence-corrected chi connectivity index (χ3v) is 5.55. The zero-order valence-electron chi connectivity index (χ0n) is 14.2. The van der Waals surface area contributed by atoms with E-state index in [9.17, 15) is 9.90 Å². The van der Waals surface area contributed by atoms with Gasteiger partial charge >= 0.3 is 5.97 Å². The number of aromatic amines is 1. The molecule has 1 atom stereocenters. The smallest absolute Gasteiger partial charge is 0.313 e. The van der Waals surface area contributed by atoms with Crippen LogP contribution >= 0.6 is 23.4 Å². The zero-order chi connectivity index (χ0) is 19.0. The lowest BCUT2D eigenvalue weighted by atomic mass is 10.1. The zero-order valence-corrected chi connectivity index (χ0v) is 15.8. The fraction of sp³-hybridized carbons (Fsp3) is 0.278. The van der Waals surface area contributed by atoms with Crippen molar-refractivity contribution < 1.29 is 15.0 Å². The first-order valence-electron chi connectivity index (χ1n) is 8.44. The Bertz CT molecular complexity index is 992. The van der Waals surface area contributed by atoms with Gasteiger partial charge in [0.15, 0.2) is 10.8 Å². The predicted octanol–water partition coefficient (Wildman–Crippen LogP) is 3.03. The number of aromatic nitrogens is 3. The molecule has 1 aliphatic rings. The summed E-state index contributed by atoms with van der Waals surface area (Å²) in [6.07, 6.45) is 0.517. The first kappa shape index (κ1) is 18.1. The molecule has 3 N–H and O–H groups in total. The number of hydrogen-bond acceptors (Lipinski definition) is 6. The van der Waals surface area contributed by atoms with Crippen molar-refractivity contribution >= 4 is 46.2 Å². The van der Waals surface area contributed by atoms with Gasteiger partial charge in [-0.25, -0.2) is 9.97 Å². The SMILES string of the molecule is O=C(O)CSc1nc2nc(-c3ccc(N4CC[C@H](O)C4)cc3)c(Cl)cc2[nH]1. The number of halogens is 1. The summed E-state index contributed by atoms with van der Waals surface area (Å²) in [7, 11) is 0. The average Bonchev–Trinajstić information content (AvgIpc) is 3.25. The van der Waals surface area contributed by atoms with Gasteiger partial charge in [0.2, 0.25) is 0 Å². The lowest BCUT2D eigenvalue weighted by Crippen LogP contribution is -2.20. The molecule has 1 aliphatic heterocycles. The molecule has 1 aromatic carbocycles. The Kier molecular flexibility index (Phi) is 4.94. The standard InChI is InChI=1S/C18H17ClN4O3S/c19-13-7-14-17(22-18(20-14)27-9-15(25)26)21-16(13)10-1-3-11(4-2-10)23-6-5-12(24)8-23/h1-4,7,12,24H,5-6,8-9H2,(H,25,26)(H,20,21,22)/t12-/m0/s1. The molecule has 0 radical (unpaired) electrons. The number of rotatable bonds is 5. The number of imidazole rings is 1. The molecule has 0 saturated carbocycles. The molecule has 140 valence electrons. The van der Waals surface area contributed by atoms with Crippen molar-refractivity contribution in [2.75, 3.05) is 23.7 Å². The summed E-state index contributed by atoms with van der Waals surface area (Å²) in [6, 6.07) is 9.64. The van der Waals surface area contributed by atoms with Gasteiger partial charge in [-0.05, 0) is 24.6 Å². The molecular weight excluding hydrogens is 388 g/mol. The fourth-order valence-corrected chi connectivity index (χ4v) is 3.96. The van der Waals surface area contributed by atoms with Gasteiger partial charge in [0.1, 0.15) is 0 Å². The van der Waals surface area contributed by atoms with Crippen LogP contribution in [0, 0.1) is 0 Å². The van der Waals surface area contributed by atoms with E-state index in [1.165, 1.54) is 0 Å². The van der Waals surface area contributed by atoms with Crippen molar-refractivity contribution in [3.63, 3.8) is 0 Å². The number of benzene rings is 1. The molecule has 27 heavy (non-hydrogen) atoms. The number of carbonyl (C=O) groups is 1. The first-order chi connectivity index (χ1) is 13.0. The van der Waals surface area contributed by atoms with Crippen molar-refractivity contribution in [3.8, 4) is 11.3 Å². The molecule has 1 saturated heterocycles. The highest BCUT2D eigenvalue weighted by atomic mass is 35.5. The highest BCUT2D eigenvalue weighted by Gasteiger charge is 2.20. The Balaban J connectivity index is 1.60. The molecule has 0 aliphatic carbocycles. The van der Waals surface area contributed by atoms with Crippen molar-refractivity contribution in [1.29, 1.82) is 0 Å². The highest BCUT2D eigenvalue weighted by molar-refractivity contribution is 7.99. The summed E-state index contributed by atoms with van der Waals surface area (Å²) in [6.45, 7) is 1.49. The number of pyridine rings is 1. The number of hydrogen-bond donors (Lipinski definition) is 3. The van der Waals surface area contributed by atoms with E-state index in [-0.39, 0.29) is 11.9 Å². The van der Waals surface area contributed by atoms with E-state index in [4.69, 9.17) is 16.7 Å². The number of aliphatic hydroxyl groups is 1. The normalized spacial score (nSPS) is 17.0. The fourth-order valence-electron chi connectivity index (χ4n) is 3.10. The monoisotopic (exact) mass is 404 g/mol. The molecule has 3 heterocycles. The third kappa shape index (κ3) is 3.87. The Labute approximate surface area is 164 Å². The van der Waals surface area contributed by atoms with Crippen molar-refractivity contribution in [2.24, 2.45) is 0 Å². The number of H-pyrrole nitrogens is 1. The van der Waals surface area contributed by atoms with Gasteiger partial charge in [-0.1, -0.05) is 35.5 Å². The van der Waals surface area contributed by atoms with E-state index in [0.717, 1.165) is 36.0 Å². The molecule has 0 unspecified atom stereocenters. The average molecular weight is 405 g/mol. The van der Waals surface area contributed by atoms with Gasteiger partial charge in [-0.15, -0.1) is 0 Å². The van der Waals surface area contributed by atoms with E-state index >= 15 is 0 Å². The summed E-state index contributed by atoms with van der Waals surface area (Å²) < 4.78 is 0. The first-order valence-corrected chi connectivity index (χ1v) is 9.80. The number of aliphatic hydroxyl groups excluding tert-OH is 1. The summed E-state index contributed by atoms with van der Waals surface area (Å²) in [5.74, 6) is -0.981. The van der Waals surface area contributed by atoms with E-state index in [1.807, 2.05) is 24.3 Å². The van der Waals surface area contributed by atoms with Crippen LogP contribution < -0.4 is 4.90 Å². The Morgan fingerprint density at radius 3 is 2.78 bits per heavy atom. The molecule has 0 amide bonds. The summed E-state index contributed by atoms with van der Waals surface area (Å²) in [5.41, 5.74) is 3.71. The van der Waals surface area contributed by atoms with Crippen LogP contribution in [0.3, 0.4) is 0 Å². The molecule has 1 fully saturated rings. The second kappa shape index (κ2) is 7.38. The number of β-amino-alcohol motifs (C(OH)–C–C–N with tert-alkyl or cyclic N) is 1. The molecule has 3 aromatic rings. The lowest BCUT2D eigenvalue weighted by molar-refractivity contribution is -0.133. The maximum atomic E-state index is 10.7. The number of carboxylic acids is 1. The molecule has 0 bridgehead atoms. The number of nitrogens with zero attached hydrogens (tertiary/aromatic N) is 3. The molecule has 4 rings (SSSR count). The second-order valence-electron chi connectivity index (χ2n) is 6.35. The van der Waals surface area contributed by atoms with Gasteiger partial charge in [-0.3, -0.25) is 4.79 Å². The van der Waals surface area contributed by atoms with Crippen LogP contribution in [0.15, 0.2) is 35.5 Å². The summed E-state index contributed by atoms with van der Waals surface area (Å²) in [5, 5.41) is 19.5. The number of carboxylic acid groups (broad SMARTS) is 1. The van der Waals surface area contributed by atoms with Gasteiger partial charge in [-0.2, -0.15) is 0 Å². The number of aliphatic carboxylic acids is 1. The topological polar surface area (TPSA) is 102 Å². The number of thioether (sulfide) groups is 1. The van der Waals surface area contributed by atoms with Crippen LogP contribution in [-0.4, -0.2) is 56.1 Å². The van der Waals surface area contributed by atoms with Gasteiger partial charge in [0, 0.05) is 24.3 Å².